The van der Waals surface area contributed by atoms with Crippen LogP contribution >= 0.6 is 0 Å². The van der Waals surface area contributed by atoms with Crippen LogP contribution in [0.5, 0.6) is 11.5 Å². The Hall–Kier alpha value is -3.92. The van der Waals surface area contributed by atoms with E-state index in [2.05, 4.69) is 12.1 Å². The van der Waals surface area contributed by atoms with Gasteiger partial charge in [-0.3, -0.25) is 19.2 Å². The fourth-order valence-corrected chi connectivity index (χ4v) is 6.56. The van der Waals surface area contributed by atoms with E-state index in [0.717, 1.165) is 44.9 Å². The molecule has 1 aliphatic heterocycles. The minimum Gasteiger partial charge on any atom is -0.508 e. The Morgan fingerprint density at radius 3 is 1.87 bits per heavy atom. The van der Waals surface area contributed by atoms with Crippen molar-refractivity contribution in [1.82, 2.24) is 0 Å². The van der Waals surface area contributed by atoms with Crippen LogP contribution in [-0.4, -0.2) is 54.1 Å². The Kier molecular flexibility index (Phi) is 13.2. The number of fused-ring (bicyclic) bond motifs is 2. The molecule has 2 aromatic rings. The monoisotopic (exact) mass is 722 g/mol. The van der Waals surface area contributed by atoms with Crippen molar-refractivity contribution in [1.29, 1.82) is 0 Å². The van der Waals surface area contributed by atoms with Gasteiger partial charge in [-0.2, -0.15) is 0 Å². The summed E-state index contributed by atoms with van der Waals surface area (Å²) in [7, 11) is 0. The van der Waals surface area contributed by atoms with E-state index in [4.69, 9.17) is 28.8 Å². The van der Waals surface area contributed by atoms with E-state index in [1.165, 1.54) is 23.3 Å². The molecular weight excluding hydrogens is 664 g/mol. The van der Waals surface area contributed by atoms with Crippen LogP contribution < -0.4 is 4.74 Å². The standard InChI is InChI=1S/C16H22O3.C14H20O4.C12H16O3/c1-4-16(2,3)15(17)19-11-18-14-9-12-7-5-6-8-13(12)10-14;1-4-14(2,3)13(16)18-10-7-5-8-9(6-7)12(15)17-11(8)10;1-4-12(2,3)11(14)15-10-7-5-9(13)6-8-10/h5-8,14H,4,9-11H2,1-3H3;7-11H,4-6H2,1-3H3;5-8,13H,4H2,1-3H3. The molecule has 0 spiro atoms. The van der Waals surface area contributed by atoms with Crippen LogP contribution in [0.3, 0.4) is 0 Å². The quantitative estimate of drug-likeness (QED) is 0.106. The summed E-state index contributed by atoms with van der Waals surface area (Å²) in [6.45, 7) is 17.2. The van der Waals surface area contributed by atoms with E-state index < -0.39 is 16.2 Å². The Labute approximate surface area is 308 Å². The average Bonchev–Trinajstić information content (AvgIpc) is 3.87. The summed E-state index contributed by atoms with van der Waals surface area (Å²) in [6, 6.07) is 14.5. The number of benzene rings is 2. The second-order valence-electron chi connectivity index (χ2n) is 16.4. The molecule has 0 amide bonds. The maximum absolute atomic E-state index is 12.1. The normalized spacial score (nSPS) is 23.0. The molecule has 6 rings (SSSR count). The average molecular weight is 723 g/mol. The topological polar surface area (TPSA) is 135 Å². The van der Waals surface area contributed by atoms with Crippen LogP contribution in [0.4, 0.5) is 0 Å². The smallest absolute Gasteiger partial charge is 0.316 e. The van der Waals surface area contributed by atoms with E-state index >= 15 is 0 Å². The van der Waals surface area contributed by atoms with Gasteiger partial charge in [-0.1, -0.05) is 45.0 Å². The van der Waals surface area contributed by atoms with Gasteiger partial charge in [0.25, 0.3) is 0 Å². The SMILES string of the molecule is CCC(C)(C)C(=O)OC1C2CC3C(=O)OC1C3C2.CCC(C)(C)C(=O)OCOC1Cc2ccccc2C1.CCC(C)(C)C(=O)Oc1ccc(O)cc1. The molecule has 3 fully saturated rings. The highest BCUT2D eigenvalue weighted by Crippen LogP contribution is 2.55. The van der Waals surface area contributed by atoms with Gasteiger partial charge < -0.3 is 28.8 Å². The van der Waals surface area contributed by atoms with Crippen molar-refractivity contribution in [3.05, 3.63) is 59.7 Å². The number of aromatic hydroxyl groups is 1. The van der Waals surface area contributed by atoms with Gasteiger partial charge in [-0.15, -0.1) is 0 Å². The molecule has 286 valence electrons. The first-order chi connectivity index (χ1) is 24.4. The molecule has 5 atom stereocenters. The molecule has 0 aromatic heterocycles. The minimum atomic E-state index is -0.474. The lowest BCUT2D eigenvalue weighted by Crippen LogP contribution is -2.39. The molecule has 1 N–H and O–H groups in total. The highest BCUT2D eigenvalue weighted by atomic mass is 16.7. The zero-order valence-corrected chi connectivity index (χ0v) is 32.4. The molecular formula is C42H58O10. The maximum atomic E-state index is 12.1. The number of esters is 4. The van der Waals surface area contributed by atoms with Gasteiger partial charge in [-0.05, 0) is 122 Å². The summed E-state index contributed by atoms with van der Waals surface area (Å²) >= 11 is 0. The van der Waals surface area contributed by atoms with Gasteiger partial charge in [0.15, 0.2) is 6.79 Å². The lowest BCUT2D eigenvalue weighted by Gasteiger charge is -2.29. The second kappa shape index (κ2) is 16.8. The summed E-state index contributed by atoms with van der Waals surface area (Å²) in [5.41, 5.74) is 1.32. The van der Waals surface area contributed by atoms with Gasteiger partial charge in [0, 0.05) is 11.8 Å². The number of carbonyl (C=O) groups excluding carboxylic acids is 4. The van der Waals surface area contributed by atoms with Crippen molar-refractivity contribution >= 4 is 23.9 Å². The molecule has 1 heterocycles. The molecule has 52 heavy (non-hydrogen) atoms. The van der Waals surface area contributed by atoms with Crippen molar-refractivity contribution < 1.29 is 48.0 Å². The summed E-state index contributed by atoms with van der Waals surface area (Å²) in [6.07, 6.45) is 5.64. The predicted octanol–water partition coefficient (Wildman–Crippen LogP) is 7.76. The minimum absolute atomic E-state index is 0.0565. The zero-order valence-electron chi connectivity index (χ0n) is 32.4. The van der Waals surface area contributed by atoms with Crippen LogP contribution in [0.25, 0.3) is 0 Å². The maximum Gasteiger partial charge on any atom is 0.316 e. The third kappa shape index (κ3) is 9.73. The Bertz CT molecular complexity index is 1530. The molecule has 0 radical (unpaired) electrons. The number of ether oxygens (including phenoxy) is 5. The summed E-state index contributed by atoms with van der Waals surface area (Å²) in [5, 5.41) is 9.06. The molecule has 2 saturated carbocycles. The molecule has 4 aliphatic rings. The van der Waals surface area contributed by atoms with E-state index in [1.807, 2.05) is 74.4 Å². The zero-order chi connectivity index (χ0) is 38.4. The lowest BCUT2D eigenvalue weighted by atomic mass is 9.87. The Morgan fingerprint density at radius 2 is 1.31 bits per heavy atom. The number of hydrogen-bond donors (Lipinski definition) is 1. The van der Waals surface area contributed by atoms with Gasteiger partial charge in [-0.25, -0.2) is 0 Å². The van der Waals surface area contributed by atoms with Crippen molar-refractivity contribution in [3.63, 3.8) is 0 Å². The van der Waals surface area contributed by atoms with Crippen LogP contribution in [-0.2, 0) is 51.0 Å². The van der Waals surface area contributed by atoms with Crippen molar-refractivity contribution in [2.24, 2.45) is 34.0 Å². The molecule has 3 aliphatic carbocycles. The second-order valence-corrected chi connectivity index (χ2v) is 16.4. The number of phenolic OH excluding ortho intramolecular Hbond substituents is 1. The van der Waals surface area contributed by atoms with Gasteiger partial charge >= 0.3 is 23.9 Å². The van der Waals surface area contributed by atoms with Gasteiger partial charge in [0.2, 0.25) is 0 Å². The van der Waals surface area contributed by atoms with Gasteiger partial charge in [0.05, 0.1) is 28.3 Å². The van der Waals surface area contributed by atoms with E-state index in [-0.39, 0.29) is 60.6 Å². The third-order valence-corrected chi connectivity index (χ3v) is 11.5. The van der Waals surface area contributed by atoms with Crippen molar-refractivity contribution in [3.8, 4) is 11.5 Å². The molecule has 5 unspecified atom stereocenters. The fraction of sp³-hybridized carbons (Fsp3) is 0.619. The summed E-state index contributed by atoms with van der Waals surface area (Å²) in [4.78, 5) is 47.2. The number of rotatable bonds is 11. The molecule has 1 saturated heterocycles. The van der Waals surface area contributed by atoms with Crippen LogP contribution in [0.15, 0.2) is 48.5 Å². The molecule has 10 nitrogen and oxygen atoms in total. The highest BCUT2D eigenvalue weighted by Gasteiger charge is 2.63. The first-order valence-corrected chi connectivity index (χ1v) is 18.7. The summed E-state index contributed by atoms with van der Waals surface area (Å²) < 4.78 is 27.1. The Morgan fingerprint density at radius 1 is 0.769 bits per heavy atom. The van der Waals surface area contributed by atoms with Crippen molar-refractivity contribution in [2.75, 3.05) is 6.79 Å². The number of hydrogen-bond acceptors (Lipinski definition) is 10. The lowest BCUT2D eigenvalue weighted by molar-refractivity contribution is -0.171. The number of carbonyl (C=O) groups is 4. The van der Waals surface area contributed by atoms with E-state index in [1.54, 1.807) is 12.1 Å². The van der Waals surface area contributed by atoms with Crippen LogP contribution in [0.2, 0.25) is 0 Å². The Balaban J connectivity index is 0.000000176. The van der Waals surface area contributed by atoms with E-state index in [9.17, 15) is 19.2 Å². The molecule has 10 heteroatoms. The summed E-state index contributed by atoms with van der Waals surface area (Å²) in [5.74, 6) is 0.625. The highest BCUT2D eigenvalue weighted by molar-refractivity contribution is 5.79. The number of phenols is 1. The largest absolute Gasteiger partial charge is 0.508 e. The molecule has 2 aromatic carbocycles. The molecule has 2 bridgehead atoms. The fourth-order valence-electron chi connectivity index (χ4n) is 6.56. The van der Waals surface area contributed by atoms with Gasteiger partial charge in [0.1, 0.15) is 23.7 Å². The third-order valence-electron chi connectivity index (χ3n) is 11.5. The predicted molar refractivity (Wildman–Crippen MR) is 195 cm³/mol. The van der Waals surface area contributed by atoms with Crippen LogP contribution in [0, 0.1) is 34.0 Å². The first-order valence-electron chi connectivity index (χ1n) is 18.7. The van der Waals surface area contributed by atoms with Crippen LogP contribution in [0.1, 0.15) is 106 Å². The first kappa shape index (κ1) is 40.8. The van der Waals surface area contributed by atoms with E-state index in [0.29, 0.717) is 17.6 Å². The van der Waals surface area contributed by atoms with Crippen molar-refractivity contribution in [2.45, 2.75) is 126 Å².